The molecule has 3 N–H and O–H groups in total. The van der Waals surface area contributed by atoms with Crippen LogP contribution in [-0.2, 0) is 14.3 Å². The molecule has 20 heavy (non-hydrogen) atoms. The number of hydrogen-bond acceptors (Lipinski definition) is 4. The maximum Gasteiger partial charge on any atom is 0.311 e. The quantitative estimate of drug-likeness (QED) is 0.685. The van der Waals surface area contributed by atoms with Crippen LogP contribution in [0, 0.1) is 11.8 Å². The van der Waals surface area contributed by atoms with E-state index in [1.807, 2.05) is 13.8 Å². The summed E-state index contributed by atoms with van der Waals surface area (Å²) in [5.41, 5.74) is 5.69. The average molecular weight is 286 g/mol. The molecule has 0 aliphatic carbocycles. The largest absolute Gasteiger partial charge is 0.481 e. The maximum absolute atomic E-state index is 12.6. The number of nitrogens with zero attached hydrogens (tertiary/aromatic N) is 1. The van der Waals surface area contributed by atoms with Crippen molar-refractivity contribution in [2.75, 3.05) is 26.3 Å². The third kappa shape index (κ3) is 3.93. The van der Waals surface area contributed by atoms with Crippen molar-refractivity contribution in [3.05, 3.63) is 0 Å². The first-order valence-electron chi connectivity index (χ1n) is 7.37. The van der Waals surface area contributed by atoms with E-state index in [1.54, 1.807) is 4.90 Å². The highest BCUT2D eigenvalue weighted by atomic mass is 16.5. The van der Waals surface area contributed by atoms with E-state index in [0.717, 1.165) is 19.3 Å². The normalized spacial score (nSPS) is 23.6. The minimum Gasteiger partial charge on any atom is -0.481 e. The monoisotopic (exact) mass is 286 g/mol. The number of amides is 1. The van der Waals surface area contributed by atoms with Gasteiger partial charge in [-0.15, -0.1) is 0 Å². The molecular formula is C14H26N2O4. The summed E-state index contributed by atoms with van der Waals surface area (Å²) in [7, 11) is 0. The minimum atomic E-state index is -0.902. The number of carboxylic acid groups (broad SMARTS) is 1. The van der Waals surface area contributed by atoms with E-state index < -0.39 is 11.9 Å². The van der Waals surface area contributed by atoms with Gasteiger partial charge < -0.3 is 20.5 Å². The van der Waals surface area contributed by atoms with Gasteiger partial charge in [0.1, 0.15) is 5.92 Å². The minimum absolute atomic E-state index is 0.0297. The van der Waals surface area contributed by atoms with Crippen LogP contribution in [0.25, 0.3) is 0 Å². The van der Waals surface area contributed by atoms with Crippen LogP contribution < -0.4 is 5.73 Å². The summed E-state index contributed by atoms with van der Waals surface area (Å²) in [6, 6.07) is -0.370. The summed E-state index contributed by atoms with van der Waals surface area (Å²) < 4.78 is 5.28. The van der Waals surface area contributed by atoms with Crippen LogP contribution in [0.15, 0.2) is 0 Å². The van der Waals surface area contributed by atoms with Gasteiger partial charge in [0, 0.05) is 13.1 Å². The lowest BCUT2D eigenvalue weighted by Gasteiger charge is -2.33. The van der Waals surface area contributed by atoms with Gasteiger partial charge in [-0.25, -0.2) is 0 Å². The topological polar surface area (TPSA) is 92.9 Å². The third-order valence-electron chi connectivity index (χ3n) is 3.79. The fourth-order valence-corrected chi connectivity index (χ4v) is 2.69. The van der Waals surface area contributed by atoms with E-state index >= 15 is 0 Å². The molecule has 3 unspecified atom stereocenters. The van der Waals surface area contributed by atoms with Gasteiger partial charge in [0.25, 0.3) is 0 Å². The standard InChI is InChI=1S/C14H26N2O4/c1-3-5-10(7-15)13(17)16(6-4-2)12-9-20-8-11(12)14(18)19/h10-12H,3-9,15H2,1-2H3,(H,18,19). The molecule has 1 saturated heterocycles. The van der Waals surface area contributed by atoms with Crippen molar-refractivity contribution in [3.63, 3.8) is 0 Å². The van der Waals surface area contributed by atoms with Gasteiger partial charge in [0.2, 0.25) is 5.91 Å². The second kappa shape index (κ2) is 8.21. The Kier molecular flexibility index (Phi) is 6.95. The van der Waals surface area contributed by atoms with Gasteiger partial charge in [-0.3, -0.25) is 9.59 Å². The lowest BCUT2D eigenvalue weighted by molar-refractivity contribution is -0.146. The average Bonchev–Trinajstić information content (AvgIpc) is 2.90. The molecule has 0 aromatic rings. The Bertz CT molecular complexity index is 335. The summed E-state index contributed by atoms with van der Waals surface area (Å²) >= 11 is 0. The summed E-state index contributed by atoms with van der Waals surface area (Å²) in [6.45, 7) is 5.32. The molecule has 1 amide bonds. The number of carbonyl (C=O) groups is 2. The molecule has 0 radical (unpaired) electrons. The van der Waals surface area contributed by atoms with E-state index in [0.29, 0.717) is 19.7 Å². The van der Waals surface area contributed by atoms with Crippen molar-refractivity contribution < 1.29 is 19.4 Å². The highest BCUT2D eigenvalue weighted by Gasteiger charge is 2.40. The third-order valence-corrected chi connectivity index (χ3v) is 3.79. The lowest BCUT2D eigenvalue weighted by atomic mass is 9.97. The molecular weight excluding hydrogens is 260 g/mol. The van der Waals surface area contributed by atoms with E-state index in [2.05, 4.69) is 0 Å². The summed E-state index contributed by atoms with van der Waals surface area (Å²) in [6.07, 6.45) is 2.41. The van der Waals surface area contributed by atoms with Crippen LogP contribution in [0.3, 0.4) is 0 Å². The molecule has 6 heteroatoms. The number of ether oxygens (including phenoxy) is 1. The summed E-state index contributed by atoms with van der Waals surface area (Å²) in [4.78, 5) is 25.6. The first kappa shape index (κ1) is 16.9. The van der Waals surface area contributed by atoms with Crippen LogP contribution in [0.2, 0.25) is 0 Å². The second-order valence-electron chi connectivity index (χ2n) is 5.30. The molecule has 116 valence electrons. The van der Waals surface area contributed by atoms with Gasteiger partial charge in [-0.1, -0.05) is 20.3 Å². The summed E-state index contributed by atoms with van der Waals surface area (Å²) in [5, 5.41) is 9.24. The lowest BCUT2D eigenvalue weighted by Crippen LogP contribution is -2.50. The zero-order valence-corrected chi connectivity index (χ0v) is 12.4. The van der Waals surface area contributed by atoms with E-state index in [1.165, 1.54) is 0 Å². The molecule has 1 aliphatic rings. The van der Waals surface area contributed by atoms with Gasteiger partial charge in [0.05, 0.1) is 25.2 Å². The molecule has 3 atom stereocenters. The van der Waals surface area contributed by atoms with Crippen molar-refractivity contribution in [1.82, 2.24) is 4.90 Å². The van der Waals surface area contributed by atoms with Crippen molar-refractivity contribution in [2.45, 2.75) is 39.2 Å². The van der Waals surface area contributed by atoms with Gasteiger partial charge >= 0.3 is 5.97 Å². The first-order valence-corrected chi connectivity index (χ1v) is 7.37. The van der Waals surface area contributed by atoms with Crippen molar-refractivity contribution in [3.8, 4) is 0 Å². The predicted octanol–water partition coefficient (Wildman–Crippen LogP) is 0.700. The SMILES string of the molecule is CCCC(CN)C(=O)N(CCC)C1COCC1C(=O)O. The first-order chi connectivity index (χ1) is 9.56. The Morgan fingerprint density at radius 1 is 1.35 bits per heavy atom. The molecule has 0 aromatic carbocycles. The molecule has 1 aliphatic heterocycles. The maximum atomic E-state index is 12.6. The smallest absolute Gasteiger partial charge is 0.311 e. The van der Waals surface area contributed by atoms with Crippen LogP contribution in [-0.4, -0.2) is 54.2 Å². The van der Waals surface area contributed by atoms with Crippen LogP contribution in [0.4, 0.5) is 0 Å². The van der Waals surface area contributed by atoms with Crippen molar-refractivity contribution in [1.29, 1.82) is 0 Å². The van der Waals surface area contributed by atoms with Crippen LogP contribution in [0.1, 0.15) is 33.1 Å². The number of rotatable bonds is 8. The van der Waals surface area contributed by atoms with E-state index in [4.69, 9.17) is 10.5 Å². The van der Waals surface area contributed by atoms with E-state index in [9.17, 15) is 14.7 Å². The fraction of sp³-hybridized carbons (Fsp3) is 0.857. The molecule has 1 heterocycles. The summed E-state index contributed by atoms with van der Waals surface area (Å²) in [5.74, 6) is -1.79. The highest BCUT2D eigenvalue weighted by Crippen LogP contribution is 2.23. The number of carboxylic acids is 1. The van der Waals surface area contributed by atoms with Gasteiger partial charge in [-0.05, 0) is 12.8 Å². The zero-order valence-electron chi connectivity index (χ0n) is 12.4. The zero-order chi connectivity index (χ0) is 15.1. The number of hydrogen-bond donors (Lipinski definition) is 2. The van der Waals surface area contributed by atoms with Crippen LogP contribution >= 0.6 is 0 Å². The van der Waals surface area contributed by atoms with Crippen LogP contribution in [0.5, 0.6) is 0 Å². The molecule has 0 bridgehead atoms. The Hall–Kier alpha value is -1.14. The number of nitrogens with two attached hydrogens (primary N) is 1. The Morgan fingerprint density at radius 3 is 2.55 bits per heavy atom. The predicted molar refractivity (Wildman–Crippen MR) is 75.2 cm³/mol. The number of carbonyl (C=O) groups excluding carboxylic acids is 1. The highest BCUT2D eigenvalue weighted by molar-refractivity contribution is 5.81. The molecule has 0 spiro atoms. The van der Waals surface area contributed by atoms with Crippen molar-refractivity contribution in [2.24, 2.45) is 17.6 Å². The fourth-order valence-electron chi connectivity index (χ4n) is 2.69. The van der Waals surface area contributed by atoms with Crippen molar-refractivity contribution >= 4 is 11.9 Å². The van der Waals surface area contributed by atoms with Gasteiger partial charge in [-0.2, -0.15) is 0 Å². The van der Waals surface area contributed by atoms with Gasteiger partial charge in [0.15, 0.2) is 0 Å². The molecule has 6 nitrogen and oxygen atoms in total. The molecule has 0 saturated carbocycles. The Morgan fingerprint density at radius 2 is 2.05 bits per heavy atom. The molecule has 0 aromatic heterocycles. The Balaban J connectivity index is 2.86. The number of aliphatic carboxylic acids is 1. The molecule has 1 fully saturated rings. The second-order valence-corrected chi connectivity index (χ2v) is 5.30. The Labute approximate surface area is 120 Å². The molecule has 1 rings (SSSR count). The van der Waals surface area contributed by atoms with E-state index in [-0.39, 0.29) is 24.5 Å².